The normalized spacial score (nSPS) is 30.3. The number of hydrogen-bond donors (Lipinski definition) is 1. The molecule has 1 N–H and O–H groups in total. The zero-order chi connectivity index (χ0) is 30.0. The summed E-state index contributed by atoms with van der Waals surface area (Å²) in [6, 6.07) is 5.53. The zero-order valence-electron chi connectivity index (χ0n) is 24.7. The van der Waals surface area contributed by atoms with Crippen LogP contribution in [0.2, 0.25) is 0 Å². The maximum atomic E-state index is 13.4. The Morgan fingerprint density at radius 1 is 1.02 bits per heavy atom. The Morgan fingerprint density at radius 3 is 2.37 bits per heavy atom. The van der Waals surface area contributed by atoms with Crippen LogP contribution in [0.1, 0.15) is 65.7 Å². The summed E-state index contributed by atoms with van der Waals surface area (Å²) in [6.45, 7) is 0.0976. The van der Waals surface area contributed by atoms with Gasteiger partial charge in [-0.25, -0.2) is 0 Å². The van der Waals surface area contributed by atoms with Crippen molar-refractivity contribution >= 4 is 11.8 Å². The van der Waals surface area contributed by atoms with Crippen LogP contribution >= 0.6 is 0 Å². The van der Waals surface area contributed by atoms with Gasteiger partial charge in [0.05, 0.1) is 17.7 Å². The number of rotatable bonds is 9. The number of fused-ring (bicyclic) bond motifs is 1. The third-order valence-electron chi connectivity index (χ3n) is 9.50. The van der Waals surface area contributed by atoms with Crippen molar-refractivity contribution in [3.63, 3.8) is 0 Å². The second-order valence-electron chi connectivity index (χ2n) is 11.7. The minimum absolute atomic E-state index is 0.0976. The number of carbonyl (C=O) groups is 2. The first-order chi connectivity index (χ1) is 21.0. The summed E-state index contributed by atoms with van der Waals surface area (Å²) in [4.78, 5) is 27.8. The van der Waals surface area contributed by atoms with Gasteiger partial charge in [-0.05, 0) is 73.1 Å². The smallest absolute Gasteiger partial charge is 0.262 e. The third kappa shape index (κ3) is 5.24. The topological polar surface area (TPSA) is 94.5 Å². The van der Waals surface area contributed by atoms with E-state index >= 15 is 0 Å². The Balaban J connectivity index is 1.31. The molecular weight excluding hydrogens is 546 g/mol. The van der Waals surface area contributed by atoms with Crippen LogP contribution in [0.4, 0.5) is 0 Å². The minimum atomic E-state index is -1.28. The molecule has 2 amide bonds. The summed E-state index contributed by atoms with van der Waals surface area (Å²) in [5, 5.41) is 11.7. The predicted octanol–water partition coefficient (Wildman–Crippen LogP) is 4.82. The first kappa shape index (κ1) is 29.7. The molecule has 1 aromatic carbocycles. The molecule has 2 aliphatic heterocycles. The summed E-state index contributed by atoms with van der Waals surface area (Å²) in [7, 11) is 2.93. The van der Waals surface area contributed by atoms with Gasteiger partial charge in [0.25, 0.3) is 11.8 Å². The third-order valence-corrected chi connectivity index (χ3v) is 9.50. The van der Waals surface area contributed by atoms with Gasteiger partial charge in [-0.15, -0.1) is 0 Å². The van der Waals surface area contributed by atoms with E-state index in [1.165, 1.54) is 26.2 Å². The molecule has 43 heavy (non-hydrogen) atoms. The van der Waals surface area contributed by atoms with E-state index in [1.807, 2.05) is 12.2 Å². The van der Waals surface area contributed by atoms with Crippen LogP contribution in [0.3, 0.4) is 0 Å². The molecule has 0 radical (unpaired) electrons. The van der Waals surface area contributed by atoms with Crippen molar-refractivity contribution in [1.29, 1.82) is 0 Å². The lowest BCUT2D eigenvalue weighted by Gasteiger charge is -2.49. The summed E-state index contributed by atoms with van der Waals surface area (Å²) >= 11 is 0. The number of carbonyl (C=O) groups excluding carboxylic acids is 2. The highest BCUT2D eigenvalue weighted by molar-refractivity contribution is 6.21. The zero-order valence-corrected chi connectivity index (χ0v) is 24.7. The fourth-order valence-corrected chi connectivity index (χ4v) is 7.47. The number of methoxy groups -OCH3 is 2. The van der Waals surface area contributed by atoms with Gasteiger partial charge in [-0.2, -0.15) is 0 Å². The number of amides is 2. The molecule has 6 unspecified atom stereocenters. The molecule has 1 saturated carbocycles. The Hall–Kier alpha value is -3.32. The van der Waals surface area contributed by atoms with Gasteiger partial charge in [0, 0.05) is 14.2 Å². The number of allylic oxidation sites excluding steroid dienone is 5. The molecule has 6 atom stereocenters. The van der Waals surface area contributed by atoms with E-state index in [-0.39, 0.29) is 23.7 Å². The first-order valence-electron chi connectivity index (χ1n) is 15.3. The Kier molecular flexibility index (Phi) is 8.80. The second-order valence-corrected chi connectivity index (χ2v) is 11.7. The van der Waals surface area contributed by atoms with Gasteiger partial charge in [0.1, 0.15) is 30.0 Å². The van der Waals surface area contributed by atoms with Crippen LogP contribution < -0.4 is 0 Å². The molecule has 1 saturated heterocycles. The fraction of sp³-hybridized carbons (Fsp3) is 0.486. The number of aliphatic hydroxyl groups is 1. The fourth-order valence-electron chi connectivity index (χ4n) is 7.47. The summed E-state index contributed by atoms with van der Waals surface area (Å²) in [6.07, 6.45) is 15.7. The highest BCUT2D eigenvalue weighted by atomic mass is 16.7. The van der Waals surface area contributed by atoms with Crippen LogP contribution in [0.15, 0.2) is 83.3 Å². The van der Waals surface area contributed by atoms with Crippen molar-refractivity contribution in [1.82, 2.24) is 4.90 Å². The summed E-state index contributed by atoms with van der Waals surface area (Å²) in [5.41, 5.74) is 8.27. The molecule has 1 aromatic rings. The van der Waals surface area contributed by atoms with E-state index in [4.69, 9.17) is 18.9 Å². The molecule has 0 aromatic heterocycles. The van der Waals surface area contributed by atoms with Gasteiger partial charge in [0.2, 0.25) is 0 Å². The molecule has 3 aliphatic carbocycles. The summed E-state index contributed by atoms with van der Waals surface area (Å²) < 4.78 is 25.0. The van der Waals surface area contributed by atoms with Crippen molar-refractivity contribution in [2.45, 2.75) is 81.2 Å². The second kappa shape index (κ2) is 12.7. The van der Waals surface area contributed by atoms with E-state index in [9.17, 15) is 14.7 Å². The van der Waals surface area contributed by atoms with Gasteiger partial charge in [0.15, 0.2) is 6.29 Å². The van der Waals surface area contributed by atoms with Crippen LogP contribution in [0.5, 0.6) is 0 Å². The van der Waals surface area contributed by atoms with Gasteiger partial charge >= 0.3 is 0 Å². The first-order valence-corrected chi connectivity index (χ1v) is 15.3. The maximum absolute atomic E-state index is 13.4. The molecule has 8 nitrogen and oxygen atoms in total. The van der Waals surface area contributed by atoms with Crippen molar-refractivity contribution in [3.8, 4) is 0 Å². The van der Waals surface area contributed by atoms with E-state index in [2.05, 4.69) is 35.8 Å². The van der Waals surface area contributed by atoms with E-state index in [0.29, 0.717) is 0 Å². The van der Waals surface area contributed by atoms with E-state index in [0.717, 1.165) is 49.0 Å². The monoisotopic (exact) mass is 585 g/mol. The Morgan fingerprint density at radius 2 is 1.77 bits per heavy atom. The van der Waals surface area contributed by atoms with Crippen molar-refractivity contribution in [3.05, 3.63) is 94.5 Å². The molecule has 0 bridgehead atoms. The lowest BCUT2D eigenvalue weighted by atomic mass is 9.67. The van der Waals surface area contributed by atoms with Crippen LogP contribution in [0.25, 0.3) is 0 Å². The molecule has 6 rings (SSSR count). The van der Waals surface area contributed by atoms with Crippen LogP contribution in [-0.4, -0.2) is 78.9 Å². The number of benzene rings is 1. The molecule has 5 aliphatic rings. The molecule has 2 fully saturated rings. The SMILES string of the molecule is COC1OC(COC(C2=CC=C=C=C2)(C2=CC=CCC2)C2CCCCC2)C(OC)C(O)C1N1C(=O)c2ccccc2C1=O. The van der Waals surface area contributed by atoms with Crippen LogP contribution in [-0.2, 0) is 18.9 Å². The minimum Gasteiger partial charge on any atom is -0.388 e. The summed E-state index contributed by atoms with van der Waals surface area (Å²) in [5.74, 6) is -0.746. The number of nitrogens with zero attached hydrogens (tertiary/aromatic N) is 1. The van der Waals surface area contributed by atoms with Gasteiger partial charge in [-0.3, -0.25) is 14.5 Å². The quantitative estimate of drug-likeness (QED) is 0.328. The molecular formula is C35H39NO7. The van der Waals surface area contributed by atoms with E-state index < -0.39 is 48.1 Å². The highest BCUT2D eigenvalue weighted by Crippen LogP contribution is 2.48. The van der Waals surface area contributed by atoms with Crippen molar-refractivity contribution in [2.24, 2.45) is 5.92 Å². The Bertz CT molecular complexity index is 1400. The molecule has 0 spiro atoms. The average Bonchev–Trinajstić information content (AvgIpc) is 3.31. The lowest BCUT2D eigenvalue weighted by Crippen LogP contribution is -2.66. The standard InChI is InChI=1S/C35H39NO7/c1-40-31-28(43-34(41-2)29(30(31)37)36-32(38)26-20-12-13-21-27(26)33(36)39)22-42-35(23-14-6-3-7-15-23,24-16-8-4-9-17-24)25-18-10-5-11-19-25/h3,6,10,12-14,18-21,24,28-31,34,37H,4,7-9,15-17,22H2,1-2H3. The molecule has 226 valence electrons. The van der Waals surface area contributed by atoms with Crippen LogP contribution in [0, 0.1) is 5.92 Å². The largest absolute Gasteiger partial charge is 0.388 e. The number of imide groups is 1. The van der Waals surface area contributed by atoms with Gasteiger partial charge < -0.3 is 24.1 Å². The lowest BCUT2D eigenvalue weighted by molar-refractivity contribution is -0.283. The van der Waals surface area contributed by atoms with Gasteiger partial charge in [-0.1, -0.05) is 61.1 Å². The van der Waals surface area contributed by atoms with E-state index in [1.54, 1.807) is 24.3 Å². The Labute approximate surface area is 252 Å². The highest BCUT2D eigenvalue weighted by Gasteiger charge is 2.55. The number of aliphatic hydroxyl groups excluding tert-OH is 1. The average molecular weight is 586 g/mol. The van der Waals surface area contributed by atoms with Crippen molar-refractivity contribution < 1.29 is 33.6 Å². The molecule has 8 heteroatoms. The predicted molar refractivity (Wildman–Crippen MR) is 159 cm³/mol. The number of hydrogen-bond acceptors (Lipinski definition) is 7. The van der Waals surface area contributed by atoms with Crippen molar-refractivity contribution in [2.75, 3.05) is 20.8 Å². The number of ether oxygens (including phenoxy) is 4. The maximum Gasteiger partial charge on any atom is 0.262 e. The molecule has 2 heterocycles.